The van der Waals surface area contributed by atoms with Gasteiger partial charge in [0.05, 0.1) is 0 Å². The van der Waals surface area contributed by atoms with Crippen molar-refractivity contribution in [3.8, 4) is 0 Å². The third-order valence-corrected chi connectivity index (χ3v) is 2.57. The Kier molecular flexibility index (Phi) is 5.69. The van der Waals surface area contributed by atoms with E-state index in [1.165, 1.54) is 5.56 Å². The highest BCUT2D eigenvalue weighted by atomic mass is 35.5. The number of aliphatic hydroxyl groups is 1. The van der Waals surface area contributed by atoms with Crippen LogP contribution in [0.2, 0.25) is 5.02 Å². The van der Waals surface area contributed by atoms with E-state index < -0.39 is 0 Å². The molecule has 2 nitrogen and oxygen atoms in total. The highest BCUT2D eigenvalue weighted by molar-refractivity contribution is 6.30. The van der Waals surface area contributed by atoms with Crippen molar-refractivity contribution in [1.29, 1.82) is 0 Å². The summed E-state index contributed by atoms with van der Waals surface area (Å²) in [4.78, 5) is 0. The molecule has 0 spiro atoms. The summed E-state index contributed by atoms with van der Waals surface area (Å²) in [5.41, 5.74) is 1.19. The van der Waals surface area contributed by atoms with Crippen molar-refractivity contribution in [2.75, 3.05) is 13.2 Å². The summed E-state index contributed by atoms with van der Waals surface area (Å²) in [6, 6.07) is 7.84. The average molecular weight is 228 g/mol. The van der Waals surface area contributed by atoms with Gasteiger partial charge < -0.3 is 10.4 Å². The molecule has 1 aromatic carbocycles. The fraction of sp³-hybridized carbons (Fsp3) is 0.500. The van der Waals surface area contributed by atoms with Crippen LogP contribution in [0.1, 0.15) is 18.9 Å². The van der Waals surface area contributed by atoms with Gasteiger partial charge >= 0.3 is 0 Å². The number of benzene rings is 1. The van der Waals surface area contributed by atoms with Gasteiger partial charge in [-0.15, -0.1) is 0 Å². The third-order valence-electron chi connectivity index (χ3n) is 2.33. The fourth-order valence-corrected chi connectivity index (χ4v) is 1.65. The van der Waals surface area contributed by atoms with Crippen LogP contribution in [0, 0.1) is 5.92 Å². The van der Waals surface area contributed by atoms with Gasteiger partial charge in [0.1, 0.15) is 0 Å². The first-order valence-electron chi connectivity index (χ1n) is 5.28. The molecule has 1 rings (SSSR count). The van der Waals surface area contributed by atoms with Crippen LogP contribution in [-0.4, -0.2) is 18.3 Å². The molecule has 0 heterocycles. The van der Waals surface area contributed by atoms with E-state index in [0.29, 0.717) is 5.92 Å². The number of halogens is 1. The minimum absolute atomic E-state index is 0.264. The second-order valence-electron chi connectivity index (χ2n) is 3.88. The van der Waals surface area contributed by atoms with E-state index in [9.17, 15) is 0 Å². The van der Waals surface area contributed by atoms with Gasteiger partial charge in [-0.3, -0.25) is 0 Å². The molecule has 84 valence electrons. The quantitative estimate of drug-likeness (QED) is 0.783. The van der Waals surface area contributed by atoms with E-state index in [0.717, 1.165) is 24.5 Å². The van der Waals surface area contributed by atoms with Crippen molar-refractivity contribution in [3.05, 3.63) is 34.9 Å². The maximum atomic E-state index is 8.74. The predicted molar refractivity (Wildman–Crippen MR) is 64.0 cm³/mol. The first kappa shape index (κ1) is 12.5. The van der Waals surface area contributed by atoms with Gasteiger partial charge in [0, 0.05) is 18.2 Å². The molecule has 15 heavy (non-hydrogen) atoms. The Morgan fingerprint density at radius 2 is 2.27 bits per heavy atom. The lowest BCUT2D eigenvalue weighted by atomic mass is 10.1. The van der Waals surface area contributed by atoms with Gasteiger partial charge in [0.15, 0.2) is 0 Å². The van der Waals surface area contributed by atoms with Gasteiger partial charge in [-0.1, -0.05) is 30.7 Å². The molecule has 1 aromatic rings. The molecule has 1 atom stereocenters. The van der Waals surface area contributed by atoms with Crippen molar-refractivity contribution in [1.82, 2.24) is 5.32 Å². The van der Waals surface area contributed by atoms with Crippen LogP contribution >= 0.6 is 11.6 Å². The molecule has 0 radical (unpaired) electrons. The second-order valence-corrected chi connectivity index (χ2v) is 4.31. The van der Waals surface area contributed by atoms with E-state index in [1.54, 1.807) is 0 Å². The van der Waals surface area contributed by atoms with Crippen LogP contribution in [0.25, 0.3) is 0 Å². The maximum absolute atomic E-state index is 8.74. The molecule has 0 fully saturated rings. The minimum atomic E-state index is 0.264. The van der Waals surface area contributed by atoms with Crippen LogP contribution in [0.5, 0.6) is 0 Å². The van der Waals surface area contributed by atoms with Crippen molar-refractivity contribution < 1.29 is 5.11 Å². The van der Waals surface area contributed by atoms with E-state index in [1.807, 2.05) is 18.2 Å². The Labute approximate surface area is 96.3 Å². The number of rotatable bonds is 6. The Balaban J connectivity index is 2.25. The lowest BCUT2D eigenvalue weighted by Crippen LogP contribution is -2.21. The van der Waals surface area contributed by atoms with Crippen LogP contribution in [0.3, 0.4) is 0 Å². The SMILES string of the molecule is CC(CCO)CNCc1cccc(Cl)c1. The molecule has 0 aliphatic rings. The van der Waals surface area contributed by atoms with Crippen molar-refractivity contribution in [3.63, 3.8) is 0 Å². The molecule has 0 amide bonds. The first-order chi connectivity index (χ1) is 7.22. The largest absolute Gasteiger partial charge is 0.396 e. The zero-order valence-electron chi connectivity index (χ0n) is 9.04. The topological polar surface area (TPSA) is 32.3 Å². The minimum Gasteiger partial charge on any atom is -0.396 e. The van der Waals surface area contributed by atoms with E-state index >= 15 is 0 Å². The molecule has 1 unspecified atom stereocenters. The third kappa shape index (κ3) is 5.17. The van der Waals surface area contributed by atoms with Gasteiger partial charge in [0.25, 0.3) is 0 Å². The zero-order chi connectivity index (χ0) is 11.1. The van der Waals surface area contributed by atoms with Gasteiger partial charge in [-0.2, -0.15) is 0 Å². The molecule has 0 aliphatic carbocycles. The van der Waals surface area contributed by atoms with Gasteiger partial charge in [0.2, 0.25) is 0 Å². The summed E-state index contributed by atoms with van der Waals surface area (Å²) < 4.78 is 0. The number of nitrogens with one attached hydrogen (secondary N) is 1. The molecule has 0 aromatic heterocycles. The van der Waals surface area contributed by atoms with Crippen molar-refractivity contribution in [2.45, 2.75) is 19.9 Å². The van der Waals surface area contributed by atoms with Crippen LogP contribution in [0.15, 0.2) is 24.3 Å². The van der Waals surface area contributed by atoms with E-state index in [4.69, 9.17) is 16.7 Å². The maximum Gasteiger partial charge on any atom is 0.0434 e. The molecule has 3 heteroatoms. The average Bonchev–Trinajstić information content (AvgIpc) is 2.18. The van der Waals surface area contributed by atoms with Gasteiger partial charge in [-0.25, -0.2) is 0 Å². The van der Waals surface area contributed by atoms with Gasteiger partial charge in [-0.05, 0) is 36.6 Å². The van der Waals surface area contributed by atoms with Crippen molar-refractivity contribution >= 4 is 11.6 Å². The Morgan fingerprint density at radius 3 is 2.93 bits per heavy atom. The Hall–Kier alpha value is -0.570. The number of hydrogen-bond donors (Lipinski definition) is 2. The summed E-state index contributed by atoms with van der Waals surface area (Å²) in [7, 11) is 0. The Morgan fingerprint density at radius 1 is 1.47 bits per heavy atom. The molecule has 2 N–H and O–H groups in total. The molecular weight excluding hydrogens is 210 g/mol. The van der Waals surface area contributed by atoms with Crippen molar-refractivity contribution in [2.24, 2.45) is 5.92 Å². The number of aliphatic hydroxyl groups excluding tert-OH is 1. The first-order valence-corrected chi connectivity index (χ1v) is 5.66. The molecule has 0 saturated carbocycles. The van der Waals surface area contributed by atoms with Crippen LogP contribution < -0.4 is 5.32 Å². The molecule has 0 bridgehead atoms. The molecular formula is C12H18ClNO. The second kappa shape index (κ2) is 6.83. The molecule has 0 saturated heterocycles. The number of hydrogen-bond acceptors (Lipinski definition) is 2. The standard InChI is InChI=1S/C12H18ClNO/c1-10(5-6-15)8-14-9-11-3-2-4-12(13)7-11/h2-4,7,10,14-15H,5-6,8-9H2,1H3. The summed E-state index contributed by atoms with van der Waals surface area (Å²) in [5.74, 6) is 0.509. The van der Waals surface area contributed by atoms with Crippen LogP contribution in [0.4, 0.5) is 0 Å². The summed E-state index contributed by atoms with van der Waals surface area (Å²) in [6.45, 7) is 4.14. The summed E-state index contributed by atoms with van der Waals surface area (Å²) in [5, 5.41) is 12.9. The fourth-order valence-electron chi connectivity index (χ4n) is 1.43. The predicted octanol–water partition coefficient (Wildman–Crippen LogP) is 2.45. The monoisotopic (exact) mass is 227 g/mol. The summed E-state index contributed by atoms with van der Waals surface area (Å²) in [6.07, 6.45) is 0.850. The Bertz CT molecular complexity index is 291. The lowest BCUT2D eigenvalue weighted by Gasteiger charge is -2.11. The highest BCUT2D eigenvalue weighted by Gasteiger charge is 2.00. The smallest absolute Gasteiger partial charge is 0.0434 e. The highest BCUT2D eigenvalue weighted by Crippen LogP contribution is 2.10. The molecule has 0 aliphatic heterocycles. The van der Waals surface area contributed by atoms with Crippen LogP contribution in [-0.2, 0) is 6.54 Å². The normalized spacial score (nSPS) is 12.7. The van der Waals surface area contributed by atoms with E-state index in [-0.39, 0.29) is 6.61 Å². The lowest BCUT2D eigenvalue weighted by molar-refractivity contribution is 0.260. The van der Waals surface area contributed by atoms with E-state index in [2.05, 4.69) is 18.3 Å². The summed E-state index contributed by atoms with van der Waals surface area (Å²) >= 11 is 5.88. The zero-order valence-corrected chi connectivity index (χ0v) is 9.80.